The SMILES string of the molecule is O=C(O)CN(CC(F)(F)F)C(=O)CNC(=O)OCC1c2ccccc2-c2ccccc21. The van der Waals surface area contributed by atoms with Crippen LogP contribution in [0.15, 0.2) is 48.5 Å². The number of carbonyl (C=O) groups is 3. The van der Waals surface area contributed by atoms with Crippen molar-refractivity contribution in [1.82, 2.24) is 10.2 Å². The summed E-state index contributed by atoms with van der Waals surface area (Å²) in [7, 11) is 0. The number of alkyl halides is 3. The molecule has 0 spiro atoms. The van der Waals surface area contributed by atoms with E-state index in [1.54, 1.807) is 0 Å². The Morgan fingerprint density at radius 2 is 1.55 bits per heavy atom. The molecule has 1 aliphatic carbocycles. The second-order valence-electron chi connectivity index (χ2n) is 6.94. The molecule has 2 aromatic rings. The normalized spacial score (nSPS) is 12.6. The summed E-state index contributed by atoms with van der Waals surface area (Å²) in [6.07, 6.45) is -5.76. The molecular formula is C21H19F3N2O5. The Labute approximate surface area is 175 Å². The summed E-state index contributed by atoms with van der Waals surface area (Å²) in [6, 6.07) is 15.3. The predicted molar refractivity (Wildman–Crippen MR) is 103 cm³/mol. The zero-order valence-corrected chi connectivity index (χ0v) is 16.2. The first-order chi connectivity index (χ1) is 14.7. The van der Waals surface area contributed by atoms with Crippen LogP contribution in [0.1, 0.15) is 17.0 Å². The van der Waals surface area contributed by atoms with Gasteiger partial charge in [-0.3, -0.25) is 9.59 Å². The molecule has 10 heteroatoms. The molecule has 2 amide bonds. The third-order valence-electron chi connectivity index (χ3n) is 4.78. The summed E-state index contributed by atoms with van der Waals surface area (Å²) in [6.45, 7) is -3.72. The minimum atomic E-state index is -4.77. The first kappa shape index (κ1) is 22.1. The van der Waals surface area contributed by atoms with Crippen molar-refractivity contribution in [2.24, 2.45) is 0 Å². The number of fused-ring (bicyclic) bond motifs is 3. The van der Waals surface area contributed by atoms with Crippen molar-refractivity contribution in [3.8, 4) is 11.1 Å². The van der Waals surface area contributed by atoms with Gasteiger partial charge in [0.2, 0.25) is 5.91 Å². The van der Waals surface area contributed by atoms with Crippen molar-refractivity contribution >= 4 is 18.0 Å². The highest BCUT2D eigenvalue weighted by Crippen LogP contribution is 2.44. The van der Waals surface area contributed by atoms with Gasteiger partial charge in [-0.1, -0.05) is 48.5 Å². The fourth-order valence-corrected chi connectivity index (χ4v) is 3.52. The highest BCUT2D eigenvalue weighted by Gasteiger charge is 2.34. The minimum Gasteiger partial charge on any atom is -0.480 e. The maximum atomic E-state index is 12.6. The van der Waals surface area contributed by atoms with Crippen LogP contribution >= 0.6 is 0 Å². The fourth-order valence-electron chi connectivity index (χ4n) is 3.52. The van der Waals surface area contributed by atoms with Gasteiger partial charge in [-0.2, -0.15) is 13.2 Å². The molecule has 0 fully saturated rings. The second kappa shape index (κ2) is 9.07. The number of halogens is 3. The monoisotopic (exact) mass is 436 g/mol. The molecule has 0 aliphatic heterocycles. The van der Waals surface area contributed by atoms with Crippen LogP contribution in [0.3, 0.4) is 0 Å². The van der Waals surface area contributed by atoms with Gasteiger partial charge in [-0.15, -0.1) is 0 Å². The van der Waals surface area contributed by atoms with Crippen LogP contribution in [0.2, 0.25) is 0 Å². The number of aliphatic carboxylic acids is 1. The zero-order chi connectivity index (χ0) is 22.6. The molecule has 0 saturated carbocycles. The van der Waals surface area contributed by atoms with Gasteiger partial charge in [0.1, 0.15) is 26.2 Å². The Kier molecular flexibility index (Phi) is 6.47. The number of alkyl carbamates (subject to hydrolysis) is 1. The molecule has 31 heavy (non-hydrogen) atoms. The van der Waals surface area contributed by atoms with Crippen LogP contribution in [0.4, 0.5) is 18.0 Å². The summed E-state index contributed by atoms with van der Waals surface area (Å²) < 4.78 is 42.8. The topological polar surface area (TPSA) is 95.9 Å². The third kappa shape index (κ3) is 5.53. The van der Waals surface area contributed by atoms with Crippen molar-refractivity contribution in [3.63, 3.8) is 0 Å². The second-order valence-corrected chi connectivity index (χ2v) is 6.94. The van der Waals surface area contributed by atoms with Gasteiger partial charge in [0.15, 0.2) is 0 Å². The lowest BCUT2D eigenvalue weighted by molar-refractivity contribution is -0.165. The fraction of sp³-hybridized carbons (Fsp3) is 0.286. The van der Waals surface area contributed by atoms with Crippen LogP contribution < -0.4 is 5.32 Å². The van der Waals surface area contributed by atoms with E-state index in [0.717, 1.165) is 22.3 Å². The number of rotatable bonds is 7. The van der Waals surface area contributed by atoms with E-state index in [1.165, 1.54) is 0 Å². The summed E-state index contributed by atoms with van der Waals surface area (Å²) >= 11 is 0. The molecule has 0 unspecified atom stereocenters. The molecule has 0 saturated heterocycles. The Morgan fingerprint density at radius 3 is 2.06 bits per heavy atom. The molecular weight excluding hydrogens is 417 g/mol. The number of amides is 2. The Morgan fingerprint density at radius 1 is 1.00 bits per heavy atom. The number of hydrogen-bond acceptors (Lipinski definition) is 4. The van der Waals surface area contributed by atoms with Gasteiger partial charge in [0, 0.05) is 5.92 Å². The average molecular weight is 436 g/mol. The highest BCUT2D eigenvalue weighted by molar-refractivity contribution is 5.85. The average Bonchev–Trinajstić information content (AvgIpc) is 3.02. The van der Waals surface area contributed by atoms with Crippen LogP contribution in [-0.4, -0.2) is 60.4 Å². The van der Waals surface area contributed by atoms with Gasteiger partial charge in [-0.05, 0) is 22.3 Å². The molecule has 3 rings (SSSR count). The van der Waals surface area contributed by atoms with E-state index in [-0.39, 0.29) is 17.4 Å². The zero-order valence-electron chi connectivity index (χ0n) is 16.2. The summed E-state index contributed by atoms with van der Waals surface area (Å²) in [4.78, 5) is 34.8. The standard InChI is InChI=1S/C21H19F3N2O5/c22-21(23,24)12-26(10-19(28)29)18(27)9-25-20(30)31-11-17-15-7-3-1-5-13(15)14-6-2-4-8-16(14)17/h1-8,17H,9-12H2,(H,25,30)(H,28,29). The van der Waals surface area contributed by atoms with Gasteiger partial charge in [-0.25, -0.2) is 4.79 Å². The van der Waals surface area contributed by atoms with E-state index in [0.29, 0.717) is 0 Å². The molecule has 7 nitrogen and oxygen atoms in total. The quantitative estimate of drug-likeness (QED) is 0.696. The smallest absolute Gasteiger partial charge is 0.407 e. The first-order valence-electron chi connectivity index (χ1n) is 9.31. The lowest BCUT2D eigenvalue weighted by atomic mass is 9.98. The molecule has 164 valence electrons. The first-order valence-corrected chi connectivity index (χ1v) is 9.31. The molecule has 0 atom stereocenters. The van der Waals surface area contributed by atoms with Crippen molar-refractivity contribution in [3.05, 3.63) is 59.7 Å². The number of hydrogen-bond donors (Lipinski definition) is 2. The number of carboxylic acids is 1. The van der Waals surface area contributed by atoms with E-state index >= 15 is 0 Å². The van der Waals surface area contributed by atoms with Crippen LogP contribution in [0.25, 0.3) is 11.1 Å². The maximum absolute atomic E-state index is 12.6. The highest BCUT2D eigenvalue weighted by atomic mass is 19.4. The van der Waals surface area contributed by atoms with Crippen LogP contribution in [0, 0.1) is 0 Å². The van der Waals surface area contributed by atoms with Crippen molar-refractivity contribution < 1.29 is 37.4 Å². The van der Waals surface area contributed by atoms with Crippen molar-refractivity contribution in [2.75, 3.05) is 26.2 Å². The third-order valence-corrected chi connectivity index (χ3v) is 4.78. The molecule has 0 bridgehead atoms. The van der Waals surface area contributed by atoms with E-state index in [4.69, 9.17) is 9.84 Å². The van der Waals surface area contributed by atoms with Gasteiger partial charge < -0.3 is 20.1 Å². The minimum absolute atomic E-state index is 0.0323. The van der Waals surface area contributed by atoms with Crippen molar-refractivity contribution in [1.29, 1.82) is 0 Å². The Bertz CT molecular complexity index is 947. The lowest BCUT2D eigenvalue weighted by Gasteiger charge is -2.22. The number of carbonyl (C=O) groups excluding carboxylic acids is 2. The number of nitrogens with zero attached hydrogens (tertiary/aromatic N) is 1. The largest absolute Gasteiger partial charge is 0.480 e. The number of nitrogens with one attached hydrogen (secondary N) is 1. The number of carboxylic acid groups (broad SMARTS) is 1. The molecule has 1 aliphatic rings. The van der Waals surface area contributed by atoms with Crippen LogP contribution in [0.5, 0.6) is 0 Å². The Balaban J connectivity index is 1.58. The summed E-state index contributed by atoms with van der Waals surface area (Å²) in [5.41, 5.74) is 4.01. The molecule has 0 radical (unpaired) electrons. The van der Waals surface area contributed by atoms with Crippen molar-refractivity contribution in [2.45, 2.75) is 12.1 Å². The van der Waals surface area contributed by atoms with E-state index in [2.05, 4.69) is 5.32 Å². The van der Waals surface area contributed by atoms with Gasteiger partial charge >= 0.3 is 18.2 Å². The Hall–Kier alpha value is -3.56. The molecule has 2 N–H and O–H groups in total. The number of benzene rings is 2. The lowest BCUT2D eigenvalue weighted by Crippen LogP contribution is -2.46. The van der Waals surface area contributed by atoms with E-state index in [1.807, 2.05) is 48.5 Å². The molecule has 0 heterocycles. The maximum Gasteiger partial charge on any atom is 0.407 e. The van der Waals surface area contributed by atoms with Gasteiger partial charge in [0.25, 0.3) is 0 Å². The number of ether oxygens (including phenoxy) is 1. The molecule has 0 aromatic heterocycles. The molecule has 2 aromatic carbocycles. The predicted octanol–water partition coefficient (Wildman–Crippen LogP) is 3.00. The summed E-state index contributed by atoms with van der Waals surface area (Å²) in [5.74, 6) is -3.01. The van der Waals surface area contributed by atoms with Crippen LogP contribution in [-0.2, 0) is 14.3 Å². The van der Waals surface area contributed by atoms with E-state index in [9.17, 15) is 27.6 Å². The van der Waals surface area contributed by atoms with Gasteiger partial charge in [0.05, 0.1) is 0 Å². The van der Waals surface area contributed by atoms with E-state index < -0.39 is 43.8 Å². The summed E-state index contributed by atoms with van der Waals surface area (Å²) in [5, 5.41) is 10.8.